The Morgan fingerprint density at radius 1 is 0.818 bits per heavy atom. The molecule has 0 aliphatic heterocycles. The normalized spacial score (nSPS) is 8.00. The van der Waals surface area contributed by atoms with Gasteiger partial charge in [0.1, 0.15) is 0 Å². The topological polar surface area (TPSA) is 58.9 Å². The Hall–Kier alpha value is -1.24. The van der Waals surface area contributed by atoms with Crippen molar-refractivity contribution in [3.05, 3.63) is 0 Å². The van der Waals surface area contributed by atoms with Gasteiger partial charge in [-0.25, -0.2) is 19.6 Å². The lowest BCUT2D eigenvalue weighted by Crippen LogP contribution is -1.84. The monoisotopic (exact) mass is 154 g/mol. The molecule has 0 aromatic carbocycles. The number of aliphatic imine (C=N–C) groups is 2. The van der Waals surface area contributed by atoms with E-state index in [0.717, 1.165) is 19.3 Å². The Balaban J connectivity index is 3.02. The van der Waals surface area contributed by atoms with Gasteiger partial charge in [0, 0.05) is 0 Å². The molecular weight excluding hydrogens is 144 g/mol. The molecule has 0 radical (unpaired) electrons. The van der Waals surface area contributed by atoms with Crippen LogP contribution in [0.1, 0.15) is 19.3 Å². The predicted octanol–water partition coefficient (Wildman–Crippen LogP) is 0.828. The highest BCUT2D eigenvalue weighted by atomic mass is 16.1. The molecule has 4 nitrogen and oxygen atoms in total. The number of unbranched alkanes of at least 4 members (excludes halogenated alkanes) is 2. The van der Waals surface area contributed by atoms with E-state index < -0.39 is 0 Å². The molecule has 0 aliphatic carbocycles. The summed E-state index contributed by atoms with van der Waals surface area (Å²) in [6.07, 6.45) is 5.55. The molecule has 0 aromatic heterocycles. The standard InChI is InChI=1S/C7H10N2O2/c10-6-8-4-2-1-3-5-9-7-11/h1-5H2. The van der Waals surface area contributed by atoms with Gasteiger partial charge in [-0.3, -0.25) is 0 Å². The molecule has 0 bridgehead atoms. The number of carbonyl (C=O) groups excluding carboxylic acids is 2. The molecule has 0 heterocycles. The van der Waals surface area contributed by atoms with Crippen molar-refractivity contribution >= 4 is 12.2 Å². The van der Waals surface area contributed by atoms with Crippen LogP contribution in [-0.4, -0.2) is 25.2 Å². The number of hydrogen-bond acceptors (Lipinski definition) is 4. The first-order chi connectivity index (χ1) is 5.41. The van der Waals surface area contributed by atoms with Crippen LogP contribution in [-0.2, 0) is 9.59 Å². The summed E-state index contributed by atoms with van der Waals surface area (Å²) in [6.45, 7) is 1.04. The maximum absolute atomic E-state index is 9.58. The molecule has 4 heteroatoms. The van der Waals surface area contributed by atoms with E-state index in [4.69, 9.17) is 0 Å². The minimum atomic E-state index is 0.522. The van der Waals surface area contributed by atoms with Gasteiger partial charge < -0.3 is 0 Å². The van der Waals surface area contributed by atoms with Crippen molar-refractivity contribution < 1.29 is 9.59 Å². The Labute approximate surface area is 65.0 Å². The highest BCUT2D eigenvalue weighted by Crippen LogP contribution is 1.94. The van der Waals surface area contributed by atoms with Crippen LogP contribution in [0.4, 0.5) is 0 Å². The molecule has 0 aliphatic rings. The van der Waals surface area contributed by atoms with Gasteiger partial charge >= 0.3 is 0 Å². The van der Waals surface area contributed by atoms with Crippen molar-refractivity contribution in [2.75, 3.05) is 13.1 Å². The van der Waals surface area contributed by atoms with Crippen molar-refractivity contribution in [2.24, 2.45) is 9.98 Å². The van der Waals surface area contributed by atoms with Crippen molar-refractivity contribution in [1.82, 2.24) is 0 Å². The molecule has 11 heavy (non-hydrogen) atoms. The van der Waals surface area contributed by atoms with E-state index in [-0.39, 0.29) is 0 Å². The summed E-state index contributed by atoms with van der Waals surface area (Å²) < 4.78 is 0. The van der Waals surface area contributed by atoms with Gasteiger partial charge in [-0.2, -0.15) is 0 Å². The maximum Gasteiger partial charge on any atom is 0.234 e. The molecule has 0 N–H and O–H groups in total. The number of rotatable bonds is 6. The summed E-state index contributed by atoms with van der Waals surface area (Å²) in [5.74, 6) is 0. The second-order valence-corrected chi connectivity index (χ2v) is 2.01. The Bertz CT molecular complexity index is 159. The zero-order valence-corrected chi connectivity index (χ0v) is 6.25. The largest absolute Gasteiger partial charge is 0.234 e. The first kappa shape index (κ1) is 9.76. The molecule has 0 atom stereocenters. The smallest absolute Gasteiger partial charge is 0.211 e. The maximum atomic E-state index is 9.58. The Kier molecular flexibility index (Phi) is 7.77. The summed E-state index contributed by atoms with van der Waals surface area (Å²) >= 11 is 0. The van der Waals surface area contributed by atoms with E-state index in [1.165, 1.54) is 12.2 Å². The molecule has 0 rings (SSSR count). The molecule has 60 valence electrons. The summed E-state index contributed by atoms with van der Waals surface area (Å²) in [7, 11) is 0. The molecule has 0 saturated heterocycles. The first-order valence-corrected chi connectivity index (χ1v) is 3.49. The summed E-state index contributed by atoms with van der Waals surface area (Å²) in [6, 6.07) is 0. The van der Waals surface area contributed by atoms with E-state index in [2.05, 4.69) is 9.98 Å². The second-order valence-electron chi connectivity index (χ2n) is 2.01. The van der Waals surface area contributed by atoms with Gasteiger partial charge in [0.05, 0.1) is 13.1 Å². The fourth-order valence-electron chi connectivity index (χ4n) is 0.650. The second kappa shape index (κ2) is 8.76. The molecule has 0 aromatic rings. The van der Waals surface area contributed by atoms with Crippen LogP contribution >= 0.6 is 0 Å². The summed E-state index contributed by atoms with van der Waals surface area (Å²) in [5, 5.41) is 0. The molecule has 0 fully saturated rings. The van der Waals surface area contributed by atoms with E-state index in [0.29, 0.717) is 13.1 Å². The van der Waals surface area contributed by atoms with E-state index in [1.807, 2.05) is 0 Å². The summed E-state index contributed by atoms with van der Waals surface area (Å²) in [5.41, 5.74) is 0. The number of isocyanates is 2. The van der Waals surface area contributed by atoms with Crippen LogP contribution in [0.3, 0.4) is 0 Å². The quantitative estimate of drug-likeness (QED) is 0.323. The zero-order valence-electron chi connectivity index (χ0n) is 6.25. The van der Waals surface area contributed by atoms with Crippen LogP contribution in [0.2, 0.25) is 0 Å². The third kappa shape index (κ3) is 8.76. The molecular formula is C7H10N2O2. The van der Waals surface area contributed by atoms with Crippen LogP contribution in [0.25, 0.3) is 0 Å². The zero-order chi connectivity index (χ0) is 8.36. The van der Waals surface area contributed by atoms with E-state index in [1.54, 1.807) is 0 Å². The first-order valence-electron chi connectivity index (χ1n) is 3.49. The van der Waals surface area contributed by atoms with Crippen molar-refractivity contribution in [2.45, 2.75) is 19.3 Å². The van der Waals surface area contributed by atoms with Gasteiger partial charge in [0.25, 0.3) is 0 Å². The fraction of sp³-hybridized carbons (Fsp3) is 0.714. The van der Waals surface area contributed by atoms with Gasteiger partial charge in [-0.05, 0) is 19.3 Å². The lowest BCUT2D eigenvalue weighted by Gasteiger charge is -1.90. The van der Waals surface area contributed by atoms with Crippen molar-refractivity contribution in [1.29, 1.82) is 0 Å². The van der Waals surface area contributed by atoms with Crippen molar-refractivity contribution in [3.8, 4) is 0 Å². The van der Waals surface area contributed by atoms with Crippen LogP contribution in [0.5, 0.6) is 0 Å². The summed E-state index contributed by atoms with van der Waals surface area (Å²) in [4.78, 5) is 25.9. The van der Waals surface area contributed by atoms with Gasteiger partial charge in [0.15, 0.2) is 0 Å². The van der Waals surface area contributed by atoms with E-state index >= 15 is 0 Å². The number of nitrogens with zero attached hydrogens (tertiary/aromatic N) is 2. The Morgan fingerprint density at radius 3 is 1.64 bits per heavy atom. The average Bonchev–Trinajstić information content (AvgIpc) is 2.03. The molecule has 0 unspecified atom stereocenters. The third-order valence-electron chi connectivity index (χ3n) is 1.17. The van der Waals surface area contributed by atoms with Crippen LogP contribution in [0, 0.1) is 0 Å². The third-order valence-corrected chi connectivity index (χ3v) is 1.17. The minimum Gasteiger partial charge on any atom is -0.211 e. The average molecular weight is 154 g/mol. The lowest BCUT2D eigenvalue weighted by molar-refractivity contribution is 0.560. The highest BCUT2D eigenvalue weighted by molar-refractivity contribution is 5.32. The minimum absolute atomic E-state index is 0.522. The highest BCUT2D eigenvalue weighted by Gasteiger charge is 1.85. The van der Waals surface area contributed by atoms with Gasteiger partial charge in [-0.15, -0.1) is 0 Å². The SMILES string of the molecule is O=C=NCCCCCN=C=O. The Morgan fingerprint density at radius 2 is 1.27 bits per heavy atom. The van der Waals surface area contributed by atoms with Crippen LogP contribution in [0.15, 0.2) is 9.98 Å². The van der Waals surface area contributed by atoms with E-state index in [9.17, 15) is 9.59 Å². The van der Waals surface area contributed by atoms with Gasteiger partial charge in [-0.1, -0.05) is 0 Å². The van der Waals surface area contributed by atoms with Crippen LogP contribution < -0.4 is 0 Å². The molecule has 0 saturated carbocycles. The predicted molar refractivity (Wildman–Crippen MR) is 39.8 cm³/mol. The number of hydrogen-bond donors (Lipinski definition) is 0. The van der Waals surface area contributed by atoms with Crippen molar-refractivity contribution in [3.63, 3.8) is 0 Å². The molecule has 0 spiro atoms. The van der Waals surface area contributed by atoms with Gasteiger partial charge in [0.2, 0.25) is 12.2 Å². The molecule has 0 amide bonds. The lowest BCUT2D eigenvalue weighted by atomic mass is 10.2. The fourth-order valence-corrected chi connectivity index (χ4v) is 0.650.